The predicted octanol–water partition coefficient (Wildman–Crippen LogP) is 2.90. The molecule has 0 aliphatic rings. The summed E-state index contributed by atoms with van der Waals surface area (Å²) in [6.45, 7) is 0.327. The van der Waals surface area contributed by atoms with Crippen LogP contribution in [0, 0.1) is 0 Å². The molecule has 0 bridgehead atoms. The van der Waals surface area contributed by atoms with Crippen LogP contribution < -0.4 is 15.6 Å². The molecule has 2 heterocycles. The highest BCUT2D eigenvalue weighted by atomic mass is 79.9. The van der Waals surface area contributed by atoms with Crippen molar-refractivity contribution in [3.05, 3.63) is 68.8 Å². The molecule has 2 aromatic heterocycles. The first-order valence-electron chi connectivity index (χ1n) is 7.55. The molecule has 0 aliphatic heterocycles. The van der Waals surface area contributed by atoms with Crippen molar-refractivity contribution in [1.82, 2.24) is 20.4 Å². The number of carbonyl (C=O) groups excluding carboxylic acids is 2. The molecule has 2 N–H and O–H groups in total. The second-order valence-electron chi connectivity index (χ2n) is 5.36. The van der Waals surface area contributed by atoms with Crippen LogP contribution in [0.25, 0.3) is 0 Å². The van der Waals surface area contributed by atoms with E-state index < -0.39 is 11.8 Å². The molecule has 0 spiro atoms. The number of thiazole rings is 1. The highest BCUT2D eigenvalue weighted by molar-refractivity contribution is 9.10. The number of hydrazine groups is 1. The molecule has 0 unspecified atom stereocenters. The first kappa shape index (κ1) is 18.2. The molecule has 26 heavy (non-hydrogen) atoms. The average molecular weight is 435 g/mol. The molecule has 0 saturated carbocycles. The van der Waals surface area contributed by atoms with E-state index in [0.29, 0.717) is 23.6 Å². The van der Waals surface area contributed by atoms with Crippen molar-refractivity contribution in [1.29, 1.82) is 0 Å². The largest absolute Gasteiger partial charge is 0.487 e. The number of nitrogens with one attached hydrogen (secondary N) is 2. The number of benzene rings is 1. The molecule has 1 aromatic carbocycles. The Morgan fingerprint density at radius 1 is 1.27 bits per heavy atom. The van der Waals surface area contributed by atoms with Crippen LogP contribution in [-0.4, -0.2) is 21.4 Å². The molecule has 2 amide bonds. The van der Waals surface area contributed by atoms with Crippen molar-refractivity contribution >= 4 is 39.1 Å². The van der Waals surface area contributed by atoms with E-state index >= 15 is 0 Å². The van der Waals surface area contributed by atoms with Crippen molar-refractivity contribution in [2.24, 2.45) is 7.05 Å². The van der Waals surface area contributed by atoms with Crippen LogP contribution in [0.2, 0.25) is 0 Å². The van der Waals surface area contributed by atoms with Gasteiger partial charge in [0.15, 0.2) is 0 Å². The third-order valence-electron chi connectivity index (χ3n) is 3.46. The maximum atomic E-state index is 12.2. The summed E-state index contributed by atoms with van der Waals surface area (Å²) in [7, 11) is 1.74. The first-order valence-corrected chi connectivity index (χ1v) is 9.29. The van der Waals surface area contributed by atoms with Gasteiger partial charge in [-0.05, 0) is 40.2 Å². The second-order valence-corrected chi connectivity index (χ2v) is 6.99. The average Bonchev–Trinajstić information content (AvgIpc) is 3.27. The summed E-state index contributed by atoms with van der Waals surface area (Å²) in [4.78, 5) is 28.5. The Hall–Kier alpha value is -2.65. The molecule has 3 rings (SSSR count). The van der Waals surface area contributed by atoms with Crippen LogP contribution in [0.3, 0.4) is 0 Å². The number of hydrogen-bond acceptors (Lipinski definition) is 5. The number of carbonyl (C=O) groups is 2. The Bertz CT molecular complexity index is 924. The van der Waals surface area contributed by atoms with Crippen LogP contribution in [-0.2, 0) is 13.7 Å². The summed E-state index contributed by atoms with van der Waals surface area (Å²) in [5.74, 6) is -0.309. The van der Waals surface area contributed by atoms with Crippen LogP contribution in [0.15, 0.2) is 51.9 Å². The zero-order valence-corrected chi connectivity index (χ0v) is 16.1. The van der Waals surface area contributed by atoms with Gasteiger partial charge in [0.1, 0.15) is 18.1 Å². The summed E-state index contributed by atoms with van der Waals surface area (Å²) in [6.07, 6.45) is 1.75. The maximum Gasteiger partial charge on any atom is 0.286 e. The lowest BCUT2D eigenvalue weighted by Gasteiger charge is -2.09. The Kier molecular flexibility index (Phi) is 5.69. The van der Waals surface area contributed by atoms with Crippen molar-refractivity contribution < 1.29 is 14.3 Å². The molecule has 7 nitrogen and oxygen atoms in total. The molecule has 0 atom stereocenters. The number of hydrogen-bond donors (Lipinski definition) is 2. The quantitative estimate of drug-likeness (QED) is 0.604. The van der Waals surface area contributed by atoms with Gasteiger partial charge < -0.3 is 9.30 Å². The summed E-state index contributed by atoms with van der Waals surface area (Å²) < 4.78 is 8.05. The van der Waals surface area contributed by atoms with Crippen LogP contribution >= 0.6 is 27.3 Å². The monoisotopic (exact) mass is 434 g/mol. The Balaban J connectivity index is 1.58. The van der Waals surface area contributed by atoms with E-state index in [9.17, 15) is 9.59 Å². The molecular formula is C17H15BrN4O3S. The zero-order valence-electron chi connectivity index (χ0n) is 13.7. The van der Waals surface area contributed by atoms with Gasteiger partial charge in [-0.1, -0.05) is 6.07 Å². The number of nitrogens with zero attached hydrogens (tertiary/aromatic N) is 2. The minimum absolute atomic E-state index is 0.327. The summed E-state index contributed by atoms with van der Waals surface area (Å²) >= 11 is 4.79. The highest BCUT2D eigenvalue weighted by Crippen LogP contribution is 2.16. The normalized spacial score (nSPS) is 10.4. The van der Waals surface area contributed by atoms with Crippen molar-refractivity contribution in [3.8, 4) is 5.75 Å². The lowest BCUT2D eigenvalue weighted by atomic mass is 10.2. The van der Waals surface area contributed by atoms with Crippen LogP contribution in [0.5, 0.6) is 5.75 Å². The van der Waals surface area contributed by atoms with E-state index in [1.165, 1.54) is 11.3 Å². The van der Waals surface area contributed by atoms with E-state index in [2.05, 4.69) is 31.8 Å². The number of aromatic nitrogens is 2. The van der Waals surface area contributed by atoms with Gasteiger partial charge in [-0.25, -0.2) is 4.98 Å². The third kappa shape index (κ3) is 4.50. The zero-order chi connectivity index (χ0) is 18.5. The van der Waals surface area contributed by atoms with E-state index in [-0.39, 0.29) is 0 Å². The highest BCUT2D eigenvalue weighted by Gasteiger charge is 2.13. The minimum atomic E-state index is -0.439. The Morgan fingerprint density at radius 3 is 2.77 bits per heavy atom. The summed E-state index contributed by atoms with van der Waals surface area (Å²) in [5.41, 5.74) is 8.13. The van der Waals surface area contributed by atoms with E-state index in [0.717, 1.165) is 10.2 Å². The fraction of sp³-hybridized carbons (Fsp3) is 0.118. The Labute approximate surface area is 162 Å². The summed E-state index contributed by atoms with van der Waals surface area (Å²) in [5, 5.41) is 1.90. The smallest absolute Gasteiger partial charge is 0.286 e. The van der Waals surface area contributed by atoms with Crippen molar-refractivity contribution in [3.63, 3.8) is 0 Å². The van der Waals surface area contributed by atoms with Gasteiger partial charge in [-0.2, -0.15) is 0 Å². The predicted molar refractivity (Wildman–Crippen MR) is 101 cm³/mol. The third-order valence-corrected chi connectivity index (χ3v) is 4.53. The molecule has 0 radical (unpaired) electrons. The lowest BCUT2D eigenvalue weighted by molar-refractivity contribution is 0.0842. The molecule has 0 saturated heterocycles. The molecule has 3 aromatic rings. The number of amides is 2. The van der Waals surface area contributed by atoms with Gasteiger partial charge in [0, 0.05) is 28.7 Å². The van der Waals surface area contributed by atoms with Gasteiger partial charge in [-0.15, -0.1) is 11.3 Å². The second kappa shape index (κ2) is 8.15. The maximum absolute atomic E-state index is 12.2. The fourth-order valence-corrected chi connectivity index (χ4v) is 3.26. The first-order chi connectivity index (χ1) is 12.5. The van der Waals surface area contributed by atoms with Gasteiger partial charge in [0.2, 0.25) is 0 Å². The van der Waals surface area contributed by atoms with Crippen molar-refractivity contribution in [2.45, 2.75) is 6.61 Å². The molecule has 0 aliphatic carbocycles. The van der Waals surface area contributed by atoms with Crippen LogP contribution in [0.1, 0.15) is 26.5 Å². The van der Waals surface area contributed by atoms with Crippen LogP contribution in [0.4, 0.5) is 0 Å². The van der Waals surface area contributed by atoms with E-state index in [4.69, 9.17) is 4.74 Å². The standard InChI is InChI=1S/C17H15BrN4O3S/c1-22-7-12(18)6-15(22)17(24)21-20-16(23)11-3-2-4-14(5-11)25-8-13-9-26-10-19-13/h2-7,9-10H,8H2,1H3,(H,20,23)(H,21,24). The number of rotatable bonds is 5. The van der Waals surface area contributed by atoms with E-state index in [1.54, 1.807) is 53.7 Å². The summed E-state index contributed by atoms with van der Waals surface area (Å²) in [6, 6.07) is 8.36. The van der Waals surface area contributed by atoms with Crippen molar-refractivity contribution in [2.75, 3.05) is 0 Å². The Morgan fingerprint density at radius 2 is 2.08 bits per heavy atom. The lowest BCUT2D eigenvalue weighted by Crippen LogP contribution is -2.42. The molecule has 9 heteroatoms. The molecular weight excluding hydrogens is 420 g/mol. The van der Waals surface area contributed by atoms with Gasteiger partial charge >= 0.3 is 0 Å². The topological polar surface area (TPSA) is 85.2 Å². The van der Waals surface area contributed by atoms with Gasteiger partial charge in [0.25, 0.3) is 11.8 Å². The van der Waals surface area contributed by atoms with Gasteiger partial charge in [0.05, 0.1) is 11.2 Å². The SMILES string of the molecule is Cn1cc(Br)cc1C(=O)NNC(=O)c1cccc(OCc2cscn2)c1. The molecule has 0 fully saturated rings. The van der Waals surface area contributed by atoms with E-state index in [1.807, 2.05) is 5.38 Å². The molecule has 134 valence electrons. The number of ether oxygens (including phenoxy) is 1. The fourth-order valence-electron chi connectivity index (χ4n) is 2.19. The number of halogens is 1. The van der Waals surface area contributed by atoms with Gasteiger partial charge in [-0.3, -0.25) is 20.4 Å². The minimum Gasteiger partial charge on any atom is -0.487 e. The number of aryl methyl sites for hydroxylation is 1.